The zero-order chi connectivity index (χ0) is 52.9. The van der Waals surface area contributed by atoms with Gasteiger partial charge < -0.3 is 14.2 Å². The van der Waals surface area contributed by atoms with E-state index in [1.165, 1.54) is 141 Å². The highest BCUT2D eigenvalue weighted by atomic mass is 16.6. The Morgan fingerprint density at radius 1 is 0.301 bits per heavy atom. The van der Waals surface area contributed by atoms with E-state index in [4.69, 9.17) is 14.2 Å². The van der Waals surface area contributed by atoms with Crippen LogP contribution in [0.25, 0.3) is 0 Å². The van der Waals surface area contributed by atoms with E-state index in [1.54, 1.807) is 0 Å². The summed E-state index contributed by atoms with van der Waals surface area (Å²) < 4.78 is 16.9. The molecule has 414 valence electrons. The van der Waals surface area contributed by atoms with Crippen LogP contribution in [-0.2, 0) is 28.6 Å². The Balaban J connectivity index is 4.51. The molecule has 1 atom stereocenters. The third kappa shape index (κ3) is 58.6. The van der Waals surface area contributed by atoms with Crippen molar-refractivity contribution in [1.82, 2.24) is 0 Å². The predicted molar refractivity (Wildman–Crippen MR) is 316 cm³/mol. The first kappa shape index (κ1) is 68.8. The van der Waals surface area contributed by atoms with E-state index in [1.807, 2.05) is 72.9 Å². The molecule has 6 heteroatoms. The fourth-order valence-electron chi connectivity index (χ4n) is 8.10. The lowest BCUT2D eigenvalue weighted by Crippen LogP contribution is -2.30. The highest BCUT2D eigenvalue weighted by Gasteiger charge is 2.19. The molecule has 0 spiro atoms. The number of carbonyl (C=O) groups excluding carboxylic acids is 3. The van der Waals surface area contributed by atoms with Crippen molar-refractivity contribution in [3.8, 4) is 0 Å². The largest absolute Gasteiger partial charge is 0.462 e. The molecule has 0 radical (unpaired) electrons. The van der Waals surface area contributed by atoms with E-state index in [-0.39, 0.29) is 31.1 Å². The van der Waals surface area contributed by atoms with Gasteiger partial charge in [0.2, 0.25) is 0 Å². The quantitative estimate of drug-likeness (QED) is 0.0199. The molecule has 0 fully saturated rings. The molecule has 0 heterocycles. The summed E-state index contributed by atoms with van der Waals surface area (Å²) in [5.41, 5.74) is 0. The van der Waals surface area contributed by atoms with Gasteiger partial charge in [-0.05, 0) is 96.3 Å². The lowest BCUT2D eigenvalue weighted by atomic mass is 10.1. The smallest absolute Gasteiger partial charge is 0.306 e. The van der Waals surface area contributed by atoms with E-state index in [0.717, 1.165) is 83.5 Å². The minimum absolute atomic E-state index is 0.101. The van der Waals surface area contributed by atoms with Gasteiger partial charge in [0.25, 0.3) is 0 Å². The van der Waals surface area contributed by atoms with Gasteiger partial charge in [-0.25, -0.2) is 0 Å². The second kappa shape index (κ2) is 60.4. The number of allylic oxidation sites excluding steroid dienone is 20. The highest BCUT2D eigenvalue weighted by Crippen LogP contribution is 2.15. The fourth-order valence-corrected chi connectivity index (χ4v) is 8.10. The summed E-state index contributed by atoms with van der Waals surface area (Å²) in [6.45, 7) is 6.43. The lowest BCUT2D eigenvalue weighted by Gasteiger charge is -2.18. The average Bonchev–Trinajstić information content (AvgIpc) is 3.39. The van der Waals surface area contributed by atoms with Gasteiger partial charge in [0, 0.05) is 19.3 Å². The summed E-state index contributed by atoms with van der Waals surface area (Å²) in [6.07, 6.45) is 83.2. The second-order valence-corrected chi connectivity index (χ2v) is 19.7. The highest BCUT2D eigenvalue weighted by molar-refractivity contribution is 5.71. The predicted octanol–water partition coefficient (Wildman–Crippen LogP) is 20.4. The zero-order valence-electron chi connectivity index (χ0n) is 47.4. The van der Waals surface area contributed by atoms with Crippen LogP contribution in [0.1, 0.15) is 265 Å². The summed E-state index contributed by atoms with van der Waals surface area (Å²) >= 11 is 0. The molecule has 0 aliphatic carbocycles. The minimum atomic E-state index is -0.807. The number of carbonyl (C=O) groups is 3. The summed E-state index contributed by atoms with van der Waals surface area (Å²) in [5, 5.41) is 0. The molecule has 0 saturated carbocycles. The van der Waals surface area contributed by atoms with E-state index < -0.39 is 6.10 Å². The molecule has 73 heavy (non-hydrogen) atoms. The van der Waals surface area contributed by atoms with Gasteiger partial charge >= 0.3 is 17.9 Å². The van der Waals surface area contributed by atoms with Crippen molar-refractivity contribution in [2.45, 2.75) is 271 Å². The minimum Gasteiger partial charge on any atom is -0.462 e. The molecule has 0 amide bonds. The molecule has 1 unspecified atom stereocenters. The molecule has 0 bridgehead atoms. The van der Waals surface area contributed by atoms with Crippen LogP contribution in [0.5, 0.6) is 0 Å². The molecule has 0 aromatic heterocycles. The number of rotatable bonds is 53. The van der Waals surface area contributed by atoms with Gasteiger partial charge in [-0.15, -0.1) is 0 Å². The lowest BCUT2D eigenvalue weighted by molar-refractivity contribution is -0.167. The maximum Gasteiger partial charge on any atom is 0.306 e. The first-order chi connectivity index (χ1) is 36.0. The first-order valence-electron chi connectivity index (χ1n) is 30.1. The van der Waals surface area contributed by atoms with Crippen molar-refractivity contribution >= 4 is 17.9 Å². The Morgan fingerprint density at radius 2 is 0.589 bits per heavy atom. The summed E-state index contributed by atoms with van der Waals surface area (Å²) in [6, 6.07) is 0. The number of ether oxygens (including phenoxy) is 3. The maximum atomic E-state index is 12.9. The Hall–Kier alpha value is -4.19. The molecule has 0 aromatic carbocycles. The number of hydrogen-bond donors (Lipinski definition) is 0. The van der Waals surface area contributed by atoms with Crippen LogP contribution in [0.3, 0.4) is 0 Å². The normalized spacial score (nSPS) is 13.0. The Kier molecular flexibility index (Phi) is 56.9. The summed E-state index contributed by atoms with van der Waals surface area (Å²) in [7, 11) is 0. The SMILES string of the molecule is CC\C=C/C=C\C=C/C=C\C=C\C=C/C=C\CCCCCC(=O)OCC(COC(=O)CCCCCCCCC/C=C\C/C=C\CCCCC)OC(=O)CCCCCCCCC/C=C\CCCCCCCCCC. The topological polar surface area (TPSA) is 78.9 Å². The molecular weight excluding hydrogens is 901 g/mol. The molecule has 0 N–H and O–H groups in total. The standard InChI is InChI=1S/C67H110O6/c1-4-7-10-13-16-19-22-25-28-31-33-36-39-42-45-48-51-54-57-60-66(69)72-63-64(62-71-65(68)59-56-53-50-47-44-41-38-35-30-27-24-21-18-15-12-9-6-3)73-67(70)61-58-55-52-49-46-43-40-37-34-32-29-26-23-20-17-14-11-8-5-2/h7,10,13,16,18-19,21-22,25,27-28,30-34,36,39,42,45,64H,4-6,8-9,11-12,14-15,17,20,23-24,26,29,35,37-38,40-41,43-44,46-63H2,1-3H3/b10-7-,16-13-,21-18-,22-19-,28-25-,30-27-,33-31+,34-32-,39-36-,45-42-. The third-order valence-corrected chi connectivity index (χ3v) is 12.6. The molecule has 0 aliphatic rings. The summed E-state index contributed by atoms with van der Waals surface area (Å²) in [5.74, 6) is -0.957. The van der Waals surface area contributed by atoms with E-state index in [2.05, 4.69) is 69.4 Å². The third-order valence-electron chi connectivity index (χ3n) is 12.6. The van der Waals surface area contributed by atoms with Crippen LogP contribution in [0.4, 0.5) is 0 Å². The van der Waals surface area contributed by atoms with Crippen molar-refractivity contribution in [1.29, 1.82) is 0 Å². The van der Waals surface area contributed by atoms with Crippen molar-refractivity contribution in [2.75, 3.05) is 13.2 Å². The van der Waals surface area contributed by atoms with Crippen LogP contribution in [0.2, 0.25) is 0 Å². The van der Waals surface area contributed by atoms with Crippen LogP contribution in [-0.4, -0.2) is 37.2 Å². The van der Waals surface area contributed by atoms with Crippen LogP contribution in [0.15, 0.2) is 122 Å². The van der Waals surface area contributed by atoms with E-state index >= 15 is 0 Å². The average molecular weight is 1010 g/mol. The number of esters is 3. The molecule has 0 rings (SSSR count). The van der Waals surface area contributed by atoms with Crippen LogP contribution < -0.4 is 0 Å². The maximum absolute atomic E-state index is 12.9. The first-order valence-corrected chi connectivity index (χ1v) is 30.1. The van der Waals surface area contributed by atoms with Gasteiger partial charge in [0.1, 0.15) is 13.2 Å². The van der Waals surface area contributed by atoms with Gasteiger partial charge in [-0.1, -0.05) is 271 Å². The molecule has 0 saturated heterocycles. The number of unbranched alkanes of at least 4 members (excludes halogenated alkanes) is 28. The van der Waals surface area contributed by atoms with Crippen molar-refractivity contribution in [3.63, 3.8) is 0 Å². The molecule has 0 aromatic rings. The second-order valence-electron chi connectivity index (χ2n) is 19.7. The Bertz CT molecular complexity index is 1540. The van der Waals surface area contributed by atoms with Gasteiger partial charge in [0.05, 0.1) is 0 Å². The molecular formula is C67H110O6. The fraction of sp³-hybridized carbons (Fsp3) is 0.657. The van der Waals surface area contributed by atoms with Crippen LogP contribution in [0, 0.1) is 0 Å². The van der Waals surface area contributed by atoms with Crippen LogP contribution >= 0.6 is 0 Å². The molecule has 6 nitrogen and oxygen atoms in total. The van der Waals surface area contributed by atoms with Gasteiger partial charge in [0.15, 0.2) is 6.10 Å². The summed E-state index contributed by atoms with van der Waals surface area (Å²) in [4.78, 5) is 38.3. The van der Waals surface area contributed by atoms with E-state index in [9.17, 15) is 14.4 Å². The van der Waals surface area contributed by atoms with Gasteiger partial charge in [-0.3, -0.25) is 14.4 Å². The van der Waals surface area contributed by atoms with Crippen molar-refractivity contribution in [3.05, 3.63) is 122 Å². The number of hydrogen-bond acceptors (Lipinski definition) is 6. The Morgan fingerprint density at radius 3 is 1.00 bits per heavy atom. The Labute approximate surface area is 450 Å². The van der Waals surface area contributed by atoms with Crippen molar-refractivity contribution < 1.29 is 28.6 Å². The monoisotopic (exact) mass is 1010 g/mol. The zero-order valence-corrected chi connectivity index (χ0v) is 47.4. The molecule has 0 aliphatic heterocycles. The van der Waals surface area contributed by atoms with Crippen molar-refractivity contribution in [2.24, 2.45) is 0 Å². The van der Waals surface area contributed by atoms with E-state index in [0.29, 0.717) is 19.3 Å². The van der Waals surface area contributed by atoms with Gasteiger partial charge in [-0.2, -0.15) is 0 Å².